The Morgan fingerprint density at radius 3 is 1.40 bits per heavy atom. The summed E-state index contributed by atoms with van der Waals surface area (Å²) in [6.07, 6.45) is 0. The number of rotatable bonds is 6. The molecule has 15 heavy (non-hydrogen) atoms. The molecule has 0 aliphatic heterocycles. The van der Waals surface area contributed by atoms with Crippen molar-refractivity contribution in [2.45, 2.75) is 0 Å². The van der Waals surface area contributed by atoms with Crippen LogP contribution in [0.25, 0.3) is 0 Å². The van der Waals surface area contributed by atoms with Crippen LogP contribution in [0.2, 0.25) is 0 Å². The first kappa shape index (κ1) is 15.4. The maximum absolute atomic E-state index is 5.35. The zero-order valence-corrected chi connectivity index (χ0v) is 12.3. The zero-order valence-electron chi connectivity index (χ0n) is 10.5. The standard InChI is InChI=1S/C8H21N2O3P2/c1-9(2)8(10(3)4)14-15(11-5,12-6)13-7/h1-7H3/q+1. The lowest BCUT2D eigenvalue weighted by molar-refractivity contribution is 0.231. The average molecular weight is 255 g/mol. The van der Waals surface area contributed by atoms with E-state index in [9.17, 15) is 0 Å². The van der Waals surface area contributed by atoms with E-state index < -0.39 is 7.63 Å². The molecule has 90 valence electrons. The fourth-order valence-corrected chi connectivity index (χ4v) is 4.77. The highest BCUT2D eigenvalue weighted by Crippen LogP contribution is 2.72. The predicted molar refractivity (Wildman–Crippen MR) is 67.2 cm³/mol. The second kappa shape index (κ2) is 6.87. The van der Waals surface area contributed by atoms with Crippen molar-refractivity contribution in [1.29, 1.82) is 0 Å². The van der Waals surface area contributed by atoms with Gasteiger partial charge in [0.05, 0.1) is 21.3 Å². The van der Waals surface area contributed by atoms with E-state index in [1.54, 1.807) is 21.3 Å². The van der Waals surface area contributed by atoms with Crippen molar-refractivity contribution >= 4 is 21.1 Å². The van der Waals surface area contributed by atoms with E-state index in [-0.39, 0.29) is 0 Å². The van der Waals surface area contributed by atoms with Crippen molar-refractivity contribution < 1.29 is 13.6 Å². The van der Waals surface area contributed by atoms with Crippen LogP contribution in [-0.2, 0) is 13.6 Å². The van der Waals surface area contributed by atoms with Gasteiger partial charge in [-0.1, -0.05) is 0 Å². The molecule has 0 aliphatic carbocycles. The monoisotopic (exact) mass is 255 g/mol. The summed E-state index contributed by atoms with van der Waals surface area (Å²) in [5, 5.41) is 0. The Morgan fingerprint density at radius 2 is 1.20 bits per heavy atom. The zero-order chi connectivity index (χ0) is 12.1. The molecule has 0 aliphatic rings. The molecule has 0 spiro atoms. The molecular weight excluding hydrogens is 234 g/mol. The Hall–Kier alpha value is 0.400. The summed E-state index contributed by atoms with van der Waals surface area (Å²) in [5.41, 5.74) is 1.08. The summed E-state index contributed by atoms with van der Waals surface area (Å²) in [7, 11) is 11.4. The van der Waals surface area contributed by atoms with E-state index >= 15 is 0 Å². The highest BCUT2D eigenvalue weighted by Gasteiger charge is 2.42. The molecular formula is C8H21N2O3P2+. The molecule has 5 nitrogen and oxygen atoms in total. The number of hydrogen-bond donors (Lipinski definition) is 0. The Balaban J connectivity index is 5.06. The quantitative estimate of drug-likeness (QED) is 0.676. The topological polar surface area (TPSA) is 34.2 Å². The van der Waals surface area contributed by atoms with Gasteiger partial charge in [-0.05, 0) is 28.2 Å². The van der Waals surface area contributed by atoms with Crippen LogP contribution in [0.15, 0.2) is 0 Å². The normalized spacial score (nSPS) is 12.9. The Labute approximate surface area is 94.6 Å². The van der Waals surface area contributed by atoms with Crippen molar-refractivity contribution in [3.8, 4) is 0 Å². The summed E-state index contributed by atoms with van der Waals surface area (Å²) >= 11 is 0. The van der Waals surface area contributed by atoms with Crippen LogP contribution in [-0.4, -0.2) is 64.9 Å². The molecule has 0 heterocycles. The van der Waals surface area contributed by atoms with Gasteiger partial charge >= 0.3 is 7.63 Å². The van der Waals surface area contributed by atoms with Gasteiger partial charge in [0.2, 0.25) is 7.89 Å². The maximum atomic E-state index is 5.35. The summed E-state index contributed by atoms with van der Waals surface area (Å²) in [5.74, 6) is 0. The van der Waals surface area contributed by atoms with E-state index in [1.165, 1.54) is 0 Å². The Bertz CT molecular complexity index is 200. The Kier molecular flexibility index (Phi) is 7.05. The van der Waals surface area contributed by atoms with Crippen molar-refractivity contribution in [1.82, 2.24) is 9.80 Å². The first-order chi connectivity index (χ1) is 6.92. The van der Waals surface area contributed by atoms with Crippen LogP contribution in [0.3, 0.4) is 0 Å². The van der Waals surface area contributed by atoms with Crippen LogP contribution < -0.4 is 0 Å². The van der Waals surface area contributed by atoms with Crippen molar-refractivity contribution in [3.63, 3.8) is 0 Å². The van der Waals surface area contributed by atoms with Gasteiger partial charge in [-0.2, -0.15) is 13.6 Å². The number of hydrogen-bond acceptors (Lipinski definition) is 3. The molecule has 0 saturated carbocycles. The SMILES string of the molecule is CO[P+](OC)(OC)P=C(N(C)C)N(C)C. The highest BCUT2D eigenvalue weighted by molar-refractivity contribution is 8.23. The van der Waals surface area contributed by atoms with Gasteiger partial charge in [0.15, 0.2) is 0 Å². The molecule has 0 aromatic rings. The van der Waals surface area contributed by atoms with E-state index in [2.05, 4.69) is 0 Å². The minimum atomic E-state index is -2.25. The lowest BCUT2D eigenvalue weighted by atomic mass is 10.8. The second-order valence-corrected chi connectivity index (χ2v) is 7.91. The van der Waals surface area contributed by atoms with Gasteiger partial charge in [0, 0.05) is 0 Å². The van der Waals surface area contributed by atoms with Crippen LogP contribution in [0.5, 0.6) is 0 Å². The molecule has 0 aromatic heterocycles. The van der Waals surface area contributed by atoms with E-state index in [1.807, 2.05) is 38.0 Å². The predicted octanol–water partition coefficient (Wildman–Crippen LogP) is 1.76. The van der Waals surface area contributed by atoms with Crippen molar-refractivity contribution in [3.05, 3.63) is 0 Å². The smallest absolute Gasteiger partial charge is 0.265 e. The van der Waals surface area contributed by atoms with Crippen molar-refractivity contribution in [2.24, 2.45) is 0 Å². The molecule has 0 rings (SSSR count). The van der Waals surface area contributed by atoms with Gasteiger partial charge in [0.25, 0.3) is 0 Å². The molecule has 0 bridgehead atoms. The molecule has 0 unspecified atom stereocenters. The summed E-state index contributed by atoms with van der Waals surface area (Å²) < 4.78 is 16.0. The molecule has 0 amide bonds. The lowest BCUT2D eigenvalue weighted by Crippen LogP contribution is -2.33. The minimum Gasteiger partial charge on any atom is -0.265 e. The molecule has 0 saturated heterocycles. The first-order valence-corrected chi connectivity index (χ1v) is 7.57. The summed E-state index contributed by atoms with van der Waals surface area (Å²) in [6, 6.07) is 0. The minimum absolute atomic E-state index is 0.912. The molecule has 0 atom stereocenters. The van der Waals surface area contributed by atoms with Crippen LogP contribution in [0, 0.1) is 0 Å². The third kappa shape index (κ3) is 4.41. The van der Waals surface area contributed by atoms with E-state index in [4.69, 9.17) is 13.6 Å². The number of nitrogens with zero attached hydrogens (tertiary/aromatic N) is 2. The molecule has 0 N–H and O–H groups in total. The molecule has 0 radical (unpaired) electrons. The maximum Gasteiger partial charge on any atom is 0.466 e. The largest absolute Gasteiger partial charge is 0.466 e. The molecule has 0 aromatic carbocycles. The van der Waals surface area contributed by atoms with Gasteiger partial charge in [-0.3, -0.25) is 9.80 Å². The highest BCUT2D eigenvalue weighted by atomic mass is 32.1. The van der Waals surface area contributed by atoms with Gasteiger partial charge in [-0.15, -0.1) is 0 Å². The third-order valence-corrected chi connectivity index (χ3v) is 7.05. The third-order valence-electron chi connectivity index (χ3n) is 1.70. The molecule has 7 heteroatoms. The first-order valence-electron chi connectivity index (χ1n) is 4.43. The lowest BCUT2D eigenvalue weighted by Gasteiger charge is -2.21. The molecule has 0 fully saturated rings. The Morgan fingerprint density at radius 1 is 0.867 bits per heavy atom. The summed E-state index contributed by atoms with van der Waals surface area (Å²) in [6.45, 7) is 0. The van der Waals surface area contributed by atoms with E-state index in [0.717, 1.165) is 13.4 Å². The fraction of sp³-hybridized carbons (Fsp3) is 0.875. The van der Waals surface area contributed by atoms with Crippen LogP contribution in [0.4, 0.5) is 0 Å². The van der Waals surface area contributed by atoms with E-state index in [0.29, 0.717) is 0 Å². The second-order valence-electron chi connectivity index (χ2n) is 3.21. The fourth-order valence-electron chi connectivity index (χ4n) is 1.03. The van der Waals surface area contributed by atoms with Crippen LogP contribution in [0.1, 0.15) is 0 Å². The average Bonchev–Trinajstić information content (AvgIpc) is 2.20. The van der Waals surface area contributed by atoms with Crippen LogP contribution >= 0.6 is 15.5 Å². The van der Waals surface area contributed by atoms with Crippen molar-refractivity contribution in [2.75, 3.05) is 49.5 Å². The van der Waals surface area contributed by atoms with Gasteiger partial charge in [-0.25, -0.2) is 0 Å². The summed E-state index contributed by atoms with van der Waals surface area (Å²) in [4.78, 5) is 4.04. The van der Waals surface area contributed by atoms with Gasteiger partial charge in [0.1, 0.15) is 5.54 Å². The van der Waals surface area contributed by atoms with Gasteiger partial charge < -0.3 is 0 Å².